The van der Waals surface area contributed by atoms with Gasteiger partial charge in [0.15, 0.2) is 0 Å². The molecule has 164 valence electrons. The summed E-state index contributed by atoms with van der Waals surface area (Å²) in [5, 5.41) is 19.0. The van der Waals surface area contributed by atoms with E-state index in [4.69, 9.17) is 21.4 Å². The van der Waals surface area contributed by atoms with Crippen LogP contribution in [0.3, 0.4) is 0 Å². The fourth-order valence-electron chi connectivity index (χ4n) is 3.45. The van der Waals surface area contributed by atoms with Gasteiger partial charge in [0.2, 0.25) is 0 Å². The van der Waals surface area contributed by atoms with E-state index in [2.05, 4.69) is 11.1 Å². The maximum atomic E-state index is 13.4. The molecule has 0 radical (unpaired) electrons. The van der Waals surface area contributed by atoms with Crippen LogP contribution in [-0.2, 0) is 0 Å². The van der Waals surface area contributed by atoms with Crippen molar-refractivity contribution in [1.82, 2.24) is 4.98 Å². The molecule has 0 saturated carbocycles. The van der Waals surface area contributed by atoms with Crippen LogP contribution in [-0.4, -0.2) is 36.3 Å². The SMILES string of the molecule is Cc1cc(C#N)c(-c2cc(C(=O)N(C)c3c(C)cccc3OCCCO)ccc2Cl)cn1. The zero-order chi connectivity index (χ0) is 23.3. The van der Waals surface area contributed by atoms with Crippen LogP contribution in [0, 0.1) is 25.2 Å². The summed E-state index contributed by atoms with van der Waals surface area (Å²) in [5.74, 6) is 0.320. The van der Waals surface area contributed by atoms with Crippen molar-refractivity contribution in [3.63, 3.8) is 0 Å². The number of benzene rings is 2. The number of hydrogen-bond acceptors (Lipinski definition) is 5. The number of nitriles is 1. The second-order valence-electron chi connectivity index (χ2n) is 7.39. The average Bonchev–Trinajstić information content (AvgIpc) is 2.79. The highest BCUT2D eigenvalue weighted by Gasteiger charge is 2.21. The summed E-state index contributed by atoms with van der Waals surface area (Å²) in [6, 6.07) is 14.4. The molecule has 0 saturated heterocycles. The number of ether oxygens (including phenoxy) is 1. The minimum absolute atomic E-state index is 0.0298. The fraction of sp³-hybridized carbons (Fsp3) is 0.240. The van der Waals surface area contributed by atoms with Crippen molar-refractivity contribution >= 4 is 23.2 Å². The Morgan fingerprint density at radius 3 is 2.72 bits per heavy atom. The van der Waals surface area contributed by atoms with Gasteiger partial charge in [0.1, 0.15) is 5.75 Å². The van der Waals surface area contributed by atoms with Gasteiger partial charge in [-0.3, -0.25) is 9.78 Å². The number of aliphatic hydroxyl groups is 1. The molecule has 0 aliphatic heterocycles. The summed E-state index contributed by atoms with van der Waals surface area (Å²) in [6.07, 6.45) is 2.10. The Kier molecular flexibility index (Phi) is 7.47. The predicted molar refractivity (Wildman–Crippen MR) is 125 cm³/mol. The van der Waals surface area contributed by atoms with Gasteiger partial charge in [0, 0.05) is 53.7 Å². The smallest absolute Gasteiger partial charge is 0.258 e. The lowest BCUT2D eigenvalue weighted by atomic mass is 9.99. The van der Waals surface area contributed by atoms with Gasteiger partial charge in [0.25, 0.3) is 5.91 Å². The molecule has 1 amide bonds. The highest BCUT2D eigenvalue weighted by Crippen LogP contribution is 2.34. The van der Waals surface area contributed by atoms with E-state index < -0.39 is 0 Å². The molecule has 0 aliphatic carbocycles. The highest BCUT2D eigenvalue weighted by molar-refractivity contribution is 6.33. The molecule has 32 heavy (non-hydrogen) atoms. The molecule has 3 aromatic rings. The zero-order valence-corrected chi connectivity index (χ0v) is 19.0. The van der Waals surface area contributed by atoms with E-state index in [-0.39, 0.29) is 12.5 Å². The number of anilines is 1. The lowest BCUT2D eigenvalue weighted by Gasteiger charge is -2.23. The number of carbonyl (C=O) groups is 1. The molecule has 0 unspecified atom stereocenters. The second-order valence-corrected chi connectivity index (χ2v) is 7.80. The summed E-state index contributed by atoms with van der Waals surface area (Å²) in [7, 11) is 1.69. The monoisotopic (exact) mass is 449 g/mol. The quantitative estimate of drug-likeness (QED) is 0.517. The van der Waals surface area contributed by atoms with E-state index in [1.54, 1.807) is 43.6 Å². The number of pyridine rings is 1. The summed E-state index contributed by atoms with van der Waals surface area (Å²) >= 11 is 6.42. The first-order chi connectivity index (χ1) is 15.4. The second kappa shape index (κ2) is 10.3. The number of para-hydroxylation sites is 1. The maximum absolute atomic E-state index is 13.4. The van der Waals surface area contributed by atoms with Gasteiger partial charge in [-0.1, -0.05) is 23.7 Å². The summed E-state index contributed by atoms with van der Waals surface area (Å²) in [5.41, 5.74) is 4.26. The molecule has 0 spiro atoms. The van der Waals surface area contributed by atoms with Crippen molar-refractivity contribution < 1.29 is 14.6 Å². The van der Waals surface area contributed by atoms with Crippen molar-refractivity contribution in [2.75, 3.05) is 25.2 Å². The summed E-state index contributed by atoms with van der Waals surface area (Å²) in [6.45, 7) is 4.09. The molecule has 7 heteroatoms. The van der Waals surface area contributed by atoms with Crippen LogP contribution >= 0.6 is 11.6 Å². The van der Waals surface area contributed by atoms with Gasteiger partial charge >= 0.3 is 0 Å². The Morgan fingerprint density at radius 2 is 2.00 bits per heavy atom. The summed E-state index contributed by atoms with van der Waals surface area (Å²) < 4.78 is 5.80. The van der Waals surface area contributed by atoms with Gasteiger partial charge in [-0.15, -0.1) is 0 Å². The Balaban J connectivity index is 2.00. The molecular weight excluding hydrogens is 426 g/mol. The first kappa shape index (κ1) is 23.3. The van der Waals surface area contributed by atoms with Crippen molar-refractivity contribution in [2.45, 2.75) is 20.3 Å². The van der Waals surface area contributed by atoms with Crippen LogP contribution in [0.15, 0.2) is 48.7 Å². The molecule has 1 aromatic heterocycles. The molecule has 1 N–H and O–H groups in total. The topological polar surface area (TPSA) is 86.5 Å². The number of aliphatic hydroxyl groups excluding tert-OH is 1. The van der Waals surface area contributed by atoms with E-state index in [9.17, 15) is 10.1 Å². The van der Waals surface area contributed by atoms with Crippen molar-refractivity contribution in [3.8, 4) is 22.9 Å². The first-order valence-corrected chi connectivity index (χ1v) is 10.5. The first-order valence-electron chi connectivity index (χ1n) is 10.2. The minimum atomic E-state index is -0.247. The van der Waals surface area contributed by atoms with Crippen molar-refractivity contribution in [3.05, 3.63) is 76.1 Å². The Morgan fingerprint density at radius 1 is 1.22 bits per heavy atom. The third kappa shape index (κ3) is 4.91. The molecule has 0 atom stereocenters. The largest absolute Gasteiger partial charge is 0.491 e. The summed E-state index contributed by atoms with van der Waals surface area (Å²) in [4.78, 5) is 19.2. The average molecular weight is 450 g/mol. The van der Waals surface area contributed by atoms with Gasteiger partial charge in [0.05, 0.1) is 23.9 Å². The lowest BCUT2D eigenvalue weighted by Crippen LogP contribution is -2.27. The molecule has 6 nitrogen and oxygen atoms in total. The molecule has 3 rings (SSSR count). The maximum Gasteiger partial charge on any atom is 0.258 e. The Hall–Kier alpha value is -3.40. The van der Waals surface area contributed by atoms with E-state index in [0.29, 0.717) is 51.7 Å². The Labute approximate surface area is 192 Å². The molecule has 2 aromatic carbocycles. The number of carbonyl (C=O) groups excluding carboxylic acids is 1. The molecule has 1 heterocycles. The number of hydrogen-bond donors (Lipinski definition) is 1. The number of aromatic nitrogens is 1. The predicted octanol–water partition coefficient (Wildman–Crippen LogP) is 4.93. The normalized spacial score (nSPS) is 10.5. The van der Waals surface area contributed by atoms with E-state index in [1.165, 1.54) is 4.90 Å². The molecule has 0 aliphatic rings. The lowest BCUT2D eigenvalue weighted by molar-refractivity contribution is 0.0992. The number of amides is 1. The van der Waals surface area contributed by atoms with Gasteiger partial charge in [-0.2, -0.15) is 5.26 Å². The van der Waals surface area contributed by atoms with Gasteiger partial charge < -0.3 is 14.7 Å². The fourth-order valence-corrected chi connectivity index (χ4v) is 3.67. The highest BCUT2D eigenvalue weighted by atomic mass is 35.5. The van der Waals surface area contributed by atoms with E-state index in [0.717, 1.165) is 11.3 Å². The van der Waals surface area contributed by atoms with Crippen LogP contribution in [0.25, 0.3) is 11.1 Å². The van der Waals surface area contributed by atoms with Crippen LogP contribution in [0.4, 0.5) is 5.69 Å². The molecular formula is C25H24ClN3O3. The minimum Gasteiger partial charge on any atom is -0.491 e. The van der Waals surface area contributed by atoms with Crippen LogP contribution < -0.4 is 9.64 Å². The van der Waals surface area contributed by atoms with Crippen molar-refractivity contribution in [1.29, 1.82) is 5.26 Å². The van der Waals surface area contributed by atoms with Crippen LogP contribution in [0.1, 0.15) is 33.6 Å². The number of rotatable bonds is 7. The number of halogens is 1. The van der Waals surface area contributed by atoms with Crippen LogP contribution in [0.2, 0.25) is 5.02 Å². The van der Waals surface area contributed by atoms with Gasteiger partial charge in [-0.05, 0) is 49.7 Å². The number of nitrogens with zero attached hydrogens (tertiary/aromatic N) is 3. The molecule has 0 fully saturated rings. The Bertz CT molecular complexity index is 1190. The van der Waals surface area contributed by atoms with E-state index >= 15 is 0 Å². The number of aryl methyl sites for hydroxylation is 2. The molecule has 0 bridgehead atoms. The van der Waals surface area contributed by atoms with Crippen LogP contribution in [0.5, 0.6) is 5.75 Å². The van der Waals surface area contributed by atoms with Crippen molar-refractivity contribution in [2.24, 2.45) is 0 Å². The standard InChI is InChI=1S/C25H24ClN3O3/c1-16-6-4-7-23(32-11-5-10-30)24(16)29(3)25(31)18-8-9-22(26)20(13-18)21-15-28-17(2)12-19(21)14-27/h4,6-9,12-13,15,30H,5,10-11H2,1-3H3. The van der Waals surface area contributed by atoms with E-state index in [1.807, 2.05) is 26.0 Å². The third-order valence-electron chi connectivity index (χ3n) is 5.07. The zero-order valence-electron chi connectivity index (χ0n) is 18.2. The third-order valence-corrected chi connectivity index (χ3v) is 5.40. The van der Waals surface area contributed by atoms with Gasteiger partial charge in [-0.25, -0.2) is 0 Å².